The predicted octanol–water partition coefficient (Wildman–Crippen LogP) is 4.73. The van der Waals surface area contributed by atoms with Crippen LogP contribution in [-0.2, 0) is 17.6 Å². The first kappa shape index (κ1) is 25.6. The standard InChI is InChI=1S/4C5H12N.Ti/c4*1-3-5-6-4-2;/h4*3-5H2,1-2H3;/q4*-1;+4. The third-order valence-corrected chi connectivity index (χ3v) is 13.9. The normalized spacial score (nSPS) is 13.0. The van der Waals surface area contributed by atoms with Crippen molar-refractivity contribution in [2.75, 3.05) is 52.4 Å². The van der Waals surface area contributed by atoms with Crippen molar-refractivity contribution in [1.29, 1.82) is 0 Å². The van der Waals surface area contributed by atoms with Crippen molar-refractivity contribution in [3.63, 3.8) is 0 Å². The molecule has 0 aliphatic carbocycles. The molecule has 0 amide bonds. The van der Waals surface area contributed by atoms with E-state index in [9.17, 15) is 0 Å². The molecule has 0 aliphatic rings. The summed E-state index contributed by atoms with van der Waals surface area (Å²) in [7, 11) is 0. The summed E-state index contributed by atoms with van der Waals surface area (Å²) in [6.07, 6.45) is 4.99. The maximum absolute atomic E-state index is 2.93. The van der Waals surface area contributed by atoms with Gasteiger partial charge in [-0.15, -0.1) is 0 Å². The summed E-state index contributed by atoms with van der Waals surface area (Å²) in [4.78, 5) is 0. The van der Waals surface area contributed by atoms with E-state index in [1.807, 2.05) is 0 Å². The molecule has 0 saturated heterocycles. The van der Waals surface area contributed by atoms with Crippen LogP contribution >= 0.6 is 0 Å². The van der Waals surface area contributed by atoms with Crippen LogP contribution < -0.4 is 0 Å². The second-order valence-corrected chi connectivity index (χ2v) is 12.7. The summed E-state index contributed by atoms with van der Waals surface area (Å²) in [6.45, 7) is 28.6. The van der Waals surface area contributed by atoms with Gasteiger partial charge in [-0.05, 0) is 0 Å². The first-order chi connectivity index (χ1) is 12.1. The van der Waals surface area contributed by atoms with Crippen molar-refractivity contribution in [2.45, 2.75) is 81.1 Å². The van der Waals surface area contributed by atoms with Gasteiger partial charge in [0.15, 0.2) is 0 Å². The first-order valence-electron chi connectivity index (χ1n) is 11.1. The Hall–Kier alpha value is 0.554. The van der Waals surface area contributed by atoms with Gasteiger partial charge in [0.25, 0.3) is 0 Å². The zero-order chi connectivity index (χ0) is 19.3. The van der Waals surface area contributed by atoms with Crippen LogP contribution in [-0.4, -0.2) is 65.9 Å². The third kappa shape index (κ3) is 6.29. The quantitative estimate of drug-likeness (QED) is 0.352. The molecular weight excluding hydrogens is 344 g/mol. The maximum atomic E-state index is 2.93. The van der Waals surface area contributed by atoms with Gasteiger partial charge in [0.2, 0.25) is 0 Å². The fourth-order valence-corrected chi connectivity index (χ4v) is 14.0. The molecule has 0 bridgehead atoms. The summed E-state index contributed by atoms with van der Waals surface area (Å²) < 4.78 is 11.7. The molecule has 0 fully saturated rings. The summed E-state index contributed by atoms with van der Waals surface area (Å²) >= 11 is -2.75. The Balaban J connectivity index is 6.41. The van der Waals surface area contributed by atoms with Gasteiger partial charge < -0.3 is 0 Å². The molecule has 0 atom stereocenters. The molecule has 0 spiro atoms. The molecule has 25 heavy (non-hydrogen) atoms. The van der Waals surface area contributed by atoms with Gasteiger partial charge >= 0.3 is 165 Å². The molecule has 0 rings (SSSR count). The Labute approximate surface area is 164 Å². The van der Waals surface area contributed by atoms with E-state index in [-0.39, 0.29) is 0 Å². The first-order valence-corrected chi connectivity index (χ1v) is 13.9. The van der Waals surface area contributed by atoms with Crippen molar-refractivity contribution in [3.05, 3.63) is 0 Å². The molecule has 0 aromatic heterocycles. The van der Waals surface area contributed by atoms with Gasteiger partial charge in [-0.3, -0.25) is 0 Å². The SMILES string of the molecule is CCC[N](CC)[Ti]([N](CC)CCC)([N](CC)CCC)[N](CC)CCC. The fourth-order valence-electron chi connectivity index (χ4n) is 4.36. The van der Waals surface area contributed by atoms with E-state index in [0.717, 1.165) is 0 Å². The molecule has 5 heteroatoms. The average molecular weight is 392 g/mol. The van der Waals surface area contributed by atoms with Gasteiger partial charge in [-0.1, -0.05) is 0 Å². The number of hydrogen-bond acceptors (Lipinski definition) is 4. The molecule has 4 nitrogen and oxygen atoms in total. The molecule has 0 aliphatic heterocycles. The van der Waals surface area contributed by atoms with Crippen molar-refractivity contribution in [3.8, 4) is 0 Å². The minimum absolute atomic E-state index is 1.18. The topological polar surface area (TPSA) is 13.0 Å². The molecular formula is C20H48N4Ti. The Kier molecular flexibility index (Phi) is 14.9. The Morgan fingerprint density at radius 2 is 0.600 bits per heavy atom. The molecule has 152 valence electrons. The summed E-state index contributed by atoms with van der Waals surface area (Å²) in [5.74, 6) is 0. The van der Waals surface area contributed by atoms with E-state index in [2.05, 4.69) is 68.9 Å². The van der Waals surface area contributed by atoms with Crippen molar-refractivity contribution >= 4 is 0 Å². The Bertz CT molecular complexity index is 253. The summed E-state index contributed by atoms with van der Waals surface area (Å²) in [5.41, 5.74) is 0. The van der Waals surface area contributed by atoms with Crippen LogP contribution in [0.4, 0.5) is 0 Å². The zero-order valence-corrected chi connectivity index (χ0v) is 20.3. The molecule has 0 heterocycles. The third-order valence-electron chi connectivity index (χ3n) is 5.20. The van der Waals surface area contributed by atoms with E-state index in [0.29, 0.717) is 0 Å². The second-order valence-electron chi connectivity index (χ2n) is 6.92. The molecule has 0 saturated carbocycles. The second kappa shape index (κ2) is 14.6. The van der Waals surface area contributed by atoms with Gasteiger partial charge in [-0.2, -0.15) is 0 Å². The monoisotopic (exact) mass is 392 g/mol. The van der Waals surface area contributed by atoms with Crippen LogP contribution in [0.5, 0.6) is 0 Å². The van der Waals surface area contributed by atoms with Gasteiger partial charge in [0.1, 0.15) is 0 Å². The number of nitrogens with zero attached hydrogens (tertiary/aromatic N) is 4. The van der Waals surface area contributed by atoms with Crippen LogP contribution in [0, 0.1) is 0 Å². The van der Waals surface area contributed by atoms with E-state index in [1.54, 1.807) is 0 Å². The van der Waals surface area contributed by atoms with Crippen LogP contribution in [0.1, 0.15) is 81.1 Å². The van der Waals surface area contributed by atoms with Crippen molar-refractivity contribution in [1.82, 2.24) is 13.5 Å². The van der Waals surface area contributed by atoms with E-state index in [1.165, 1.54) is 78.0 Å². The van der Waals surface area contributed by atoms with Gasteiger partial charge in [-0.25, -0.2) is 0 Å². The molecule has 0 aromatic carbocycles. The summed E-state index contributed by atoms with van der Waals surface area (Å²) in [5, 5.41) is 0. The molecule has 0 radical (unpaired) electrons. The molecule has 0 unspecified atom stereocenters. The van der Waals surface area contributed by atoms with Crippen LogP contribution in [0.3, 0.4) is 0 Å². The number of rotatable bonds is 16. The van der Waals surface area contributed by atoms with Gasteiger partial charge in [0, 0.05) is 0 Å². The van der Waals surface area contributed by atoms with E-state index < -0.39 is 17.6 Å². The average Bonchev–Trinajstić information content (AvgIpc) is 2.63. The van der Waals surface area contributed by atoms with Crippen molar-refractivity contribution < 1.29 is 17.6 Å². The fraction of sp³-hybridized carbons (Fsp3) is 1.00. The molecule has 0 N–H and O–H groups in total. The molecule has 0 aromatic rings. The summed E-state index contributed by atoms with van der Waals surface area (Å²) in [6, 6.07) is 0. The Morgan fingerprint density at radius 3 is 0.720 bits per heavy atom. The van der Waals surface area contributed by atoms with E-state index >= 15 is 0 Å². The Morgan fingerprint density at radius 1 is 0.400 bits per heavy atom. The van der Waals surface area contributed by atoms with Gasteiger partial charge in [0.05, 0.1) is 0 Å². The zero-order valence-electron chi connectivity index (χ0n) is 18.8. The van der Waals surface area contributed by atoms with Crippen LogP contribution in [0.2, 0.25) is 0 Å². The van der Waals surface area contributed by atoms with Crippen molar-refractivity contribution in [2.24, 2.45) is 0 Å². The number of hydrogen-bond donors (Lipinski definition) is 0. The van der Waals surface area contributed by atoms with Crippen LogP contribution in [0.25, 0.3) is 0 Å². The van der Waals surface area contributed by atoms with Crippen LogP contribution in [0.15, 0.2) is 0 Å². The van der Waals surface area contributed by atoms with E-state index in [4.69, 9.17) is 0 Å². The minimum atomic E-state index is -2.75. The predicted molar refractivity (Wildman–Crippen MR) is 110 cm³/mol.